The van der Waals surface area contributed by atoms with Gasteiger partial charge in [0.1, 0.15) is 13.2 Å². The van der Waals surface area contributed by atoms with Crippen LogP contribution in [0.5, 0.6) is 0 Å². The van der Waals surface area contributed by atoms with Crippen LogP contribution >= 0.6 is 0 Å². The molecule has 2 aliphatic rings. The highest BCUT2D eigenvalue weighted by Crippen LogP contribution is 2.02. The number of aliphatic hydroxyl groups excluding tert-OH is 4. The lowest BCUT2D eigenvalue weighted by Gasteiger charge is -2.23. The molecular formula is C8H16O8. The van der Waals surface area contributed by atoms with Crippen LogP contribution in [0.15, 0.2) is 0 Å². The van der Waals surface area contributed by atoms with Gasteiger partial charge in [-0.25, -0.2) is 0 Å². The molecule has 4 N–H and O–H groups in total. The minimum absolute atomic E-state index is 0.0567. The van der Waals surface area contributed by atoms with Crippen LogP contribution in [0.3, 0.4) is 0 Å². The van der Waals surface area contributed by atoms with Gasteiger partial charge in [-0.15, -0.1) is 0 Å². The van der Waals surface area contributed by atoms with Crippen molar-refractivity contribution in [3.8, 4) is 0 Å². The van der Waals surface area contributed by atoms with E-state index < -0.39 is 25.2 Å². The highest BCUT2D eigenvalue weighted by atomic mass is 16.7. The summed E-state index contributed by atoms with van der Waals surface area (Å²) < 4.78 is 18.3. The minimum atomic E-state index is -1.16. The van der Waals surface area contributed by atoms with Crippen LogP contribution in [0.4, 0.5) is 0 Å². The Labute approximate surface area is 91.9 Å². The highest BCUT2D eigenvalue weighted by molar-refractivity contribution is 4.50. The molecule has 8 heteroatoms. The summed E-state index contributed by atoms with van der Waals surface area (Å²) in [4.78, 5) is 0. The third-order valence-electron chi connectivity index (χ3n) is 1.77. The van der Waals surface area contributed by atoms with Gasteiger partial charge in [0.25, 0.3) is 0 Å². The number of rotatable bonds is 0. The topological polar surface area (TPSA) is 118 Å². The van der Waals surface area contributed by atoms with Crippen molar-refractivity contribution in [3.63, 3.8) is 0 Å². The van der Waals surface area contributed by atoms with Crippen LogP contribution in [-0.2, 0) is 18.9 Å². The van der Waals surface area contributed by atoms with Gasteiger partial charge in [-0.1, -0.05) is 0 Å². The van der Waals surface area contributed by atoms with E-state index in [-0.39, 0.29) is 13.2 Å². The van der Waals surface area contributed by atoms with Crippen LogP contribution in [0, 0.1) is 0 Å². The SMILES string of the molecule is O[C@@H]1CO[C@@H](O)CO1.O[C@@H]1OCCO[C@H]1O. The fraction of sp³-hybridized carbons (Fsp3) is 1.00. The first-order chi connectivity index (χ1) is 7.59. The van der Waals surface area contributed by atoms with Crippen molar-refractivity contribution < 1.29 is 39.4 Å². The zero-order valence-electron chi connectivity index (χ0n) is 8.56. The van der Waals surface area contributed by atoms with E-state index in [2.05, 4.69) is 18.9 Å². The molecule has 2 aliphatic heterocycles. The molecule has 0 aromatic rings. The first kappa shape index (κ1) is 13.7. The lowest BCUT2D eigenvalue weighted by atomic mass is 10.5. The quantitative estimate of drug-likeness (QED) is 0.362. The maximum absolute atomic E-state index is 8.58. The van der Waals surface area contributed by atoms with Crippen LogP contribution < -0.4 is 0 Å². The highest BCUT2D eigenvalue weighted by Gasteiger charge is 2.20. The molecule has 0 aliphatic carbocycles. The third kappa shape index (κ3) is 5.14. The van der Waals surface area contributed by atoms with Crippen LogP contribution in [0.25, 0.3) is 0 Å². The van der Waals surface area contributed by atoms with E-state index in [0.717, 1.165) is 0 Å². The molecule has 2 fully saturated rings. The summed E-state index contributed by atoms with van der Waals surface area (Å²) in [6, 6.07) is 0. The molecule has 0 aromatic heterocycles. The normalized spacial score (nSPS) is 39.8. The van der Waals surface area contributed by atoms with E-state index in [1.165, 1.54) is 0 Å². The van der Waals surface area contributed by atoms with Crippen molar-refractivity contribution in [1.29, 1.82) is 0 Å². The largest absolute Gasteiger partial charge is 0.366 e. The average Bonchev–Trinajstić information content (AvgIpc) is 2.28. The van der Waals surface area contributed by atoms with Gasteiger partial charge in [0.15, 0.2) is 12.6 Å². The molecule has 2 rings (SSSR count). The summed E-state index contributed by atoms with van der Waals surface area (Å²) in [6.45, 7) is 0.804. The second kappa shape index (κ2) is 7.09. The van der Waals surface area contributed by atoms with Gasteiger partial charge in [0.05, 0.1) is 13.2 Å². The van der Waals surface area contributed by atoms with Gasteiger partial charge in [0.2, 0.25) is 12.6 Å². The van der Waals surface area contributed by atoms with Gasteiger partial charge >= 0.3 is 0 Å². The lowest BCUT2D eigenvalue weighted by Crippen LogP contribution is -2.37. The molecule has 0 bridgehead atoms. The second-order valence-electron chi connectivity index (χ2n) is 3.10. The van der Waals surface area contributed by atoms with Crippen molar-refractivity contribution in [2.45, 2.75) is 25.2 Å². The molecular weight excluding hydrogens is 224 g/mol. The molecule has 96 valence electrons. The van der Waals surface area contributed by atoms with Gasteiger partial charge in [-0.3, -0.25) is 0 Å². The number of ether oxygens (including phenoxy) is 4. The molecule has 2 saturated heterocycles. The zero-order chi connectivity index (χ0) is 12.0. The summed E-state index contributed by atoms with van der Waals surface area (Å²) in [7, 11) is 0. The Morgan fingerprint density at radius 3 is 1.25 bits per heavy atom. The Hall–Kier alpha value is -0.320. The van der Waals surface area contributed by atoms with Crippen LogP contribution in [0.1, 0.15) is 0 Å². The first-order valence-electron chi connectivity index (χ1n) is 4.78. The van der Waals surface area contributed by atoms with E-state index in [9.17, 15) is 0 Å². The molecule has 0 aromatic carbocycles. The number of hydrogen-bond acceptors (Lipinski definition) is 8. The molecule has 16 heavy (non-hydrogen) atoms. The zero-order valence-corrected chi connectivity index (χ0v) is 8.56. The van der Waals surface area contributed by atoms with Crippen molar-refractivity contribution in [2.24, 2.45) is 0 Å². The van der Waals surface area contributed by atoms with Gasteiger partial charge in [-0.2, -0.15) is 0 Å². The fourth-order valence-corrected chi connectivity index (χ4v) is 0.985. The molecule has 4 atom stereocenters. The van der Waals surface area contributed by atoms with E-state index in [4.69, 9.17) is 20.4 Å². The van der Waals surface area contributed by atoms with E-state index in [1.54, 1.807) is 0 Å². The predicted octanol–water partition coefficient (Wildman–Crippen LogP) is -2.66. The van der Waals surface area contributed by atoms with Gasteiger partial charge < -0.3 is 39.4 Å². The monoisotopic (exact) mass is 240 g/mol. The Bertz CT molecular complexity index is 161. The standard InChI is InChI=1S/2C4H8O4/c5-3-1-7-4(6)2-8-3;5-3-4(6)8-2-1-7-3/h2*3-6H,1-2H2/t3-,4+;3-,4-/m.1/s1. The summed E-state index contributed by atoms with van der Waals surface area (Å²) >= 11 is 0. The Morgan fingerprint density at radius 1 is 0.625 bits per heavy atom. The smallest absolute Gasteiger partial charge is 0.206 e. The molecule has 0 spiro atoms. The second-order valence-corrected chi connectivity index (χ2v) is 3.10. The van der Waals surface area contributed by atoms with Crippen molar-refractivity contribution >= 4 is 0 Å². The van der Waals surface area contributed by atoms with E-state index in [1.807, 2.05) is 0 Å². The van der Waals surface area contributed by atoms with E-state index in [0.29, 0.717) is 13.2 Å². The Balaban J connectivity index is 0.000000160. The number of aliphatic hydroxyl groups is 4. The number of hydrogen-bond donors (Lipinski definition) is 4. The molecule has 0 saturated carbocycles. The first-order valence-corrected chi connectivity index (χ1v) is 4.78. The summed E-state index contributed by atoms with van der Waals surface area (Å²) in [6.07, 6.45) is -4.05. The van der Waals surface area contributed by atoms with Crippen molar-refractivity contribution in [1.82, 2.24) is 0 Å². The third-order valence-corrected chi connectivity index (χ3v) is 1.77. The molecule has 0 amide bonds. The van der Waals surface area contributed by atoms with Crippen molar-refractivity contribution in [3.05, 3.63) is 0 Å². The summed E-state index contributed by atoms with van der Waals surface area (Å²) in [5.41, 5.74) is 0. The minimum Gasteiger partial charge on any atom is -0.366 e. The summed E-state index contributed by atoms with van der Waals surface area (Å²) in [5, 5.41) is 34.3. The molecule has 0 radical (unpaired) electrons. The molecule has 8 nitrogen and oxygen atoms in total. The molecule has 2 heterocycles. The predicted molar refractivity (Wildman–Crippen MR) is 47.8 cm³/mol. The fourth-order valence-electron chi connectivity index (χ4n) is 0.985. The summed E-state index contributed by atoms with van der Waals surface area (Å²) in [5.74, 6) is 0. The van der Waals surface area contributed by atoms with Gasteiger partial charge in [0, 0.05) is 0 Å². The van der Waals surface area contributed by atoms with Crippen LogP contribution in [0.2, 0.25) is 0 Å². The Morgan fingerprint density at radius 2 is 1.00 bits per heavy atom. The van der Waals surface area contributed by atoms with Gasteiger partial charge in [-0.05, 0) is 0 Å². The van der Waals surface area contributed by atoms with E-state index >= 15 is 0 Å². The molecule has 0 unspecified atom stereocenters. The lowest BCUT2D eigenvalue weighted by molar-refractivity contribution is -0.291. The van der Waals surface area contributed by atoms with Crippen LogP contribution in [-0.4, -0.2) is 72.0 Å². The maximum atomic E-state index is 8.58. The van der Waals surface area contributed by atoms with Crippen molar-refractivity contribution in [2.75, 3.05) is 26.4 Å². The maximum Gasteiger partial charge on any atom is 0.206 e. The average molecular weight is 240 g/mol. The Kier molecular flexibility index (Phi) is 6.09.